The Hall–Kier alpha value is -2.03. The van der Waals surface area contributed by atoms with Gasteiger partial charge in [-0.15, -0.1) is 0 Å². The molecule has 1 fully saturated rings. The molecule has 0 aliphatic carbocycles. The standard InChI is InChI=1S/C18H23F2NO5S/c1-6-26-17(23)15-11(9-21(16(15)22)27(24)18(2,3)4)14-12(19)7-10(25-5)8-13(14)20/h7-8,11,15H,6,9H2,1-5H3/t11-,15-,27?/m0/s1. The second kappa shape index (κ2) is 7.92. The number of ether oxygens (including phenoxy) is 2. The second-order valence-electron chi connectivity index (χ2n) is 7.10. The summed E-state index contributed by atoms with van der Waals surface area (Å²) in [6.07, 6.45) is 0. The van der Waals surface area contributed by atoms with Crippen molar-refractivity contribution in [3.8, 4) is 5.75 Å². The van der Waals surface area contributed by atoms with Gasteiger partial charge in [-0.05, 0) is 27.7 Å². The molecule has 1 aliphatic rings. The first-order valence-electron chi connectivity index (χ1n) is 8.45. The Kier molecular flexibility index (Phi) is 6.24. The third-order valence-electron chi connectivity index (χ3n) is 4.20. The quantitative estimate of drug-likeness (QED) is 0.558. The van der Waals surface area contributed by atoms with E-state index in [2.05, 4.69) is 0 Å². The van der Waals surface area contributed by atoms with E-state index in [0.717, 1.165) is 16.4 Å². The molecule has 9 heteroatoms. The molecule has 0 saturated carbocycles. The van der Waals surface area contributed by atoms with Crippen LogP contribution in [-0.4, -0.2) is 45.4 Å². The molecule has 0 bridgehead atoms. The van der Waals surface area contributed by atoms with Crippen molar-refractivity contribution in [3.63, 3.8) is 0 Å². The number of amides is 1. The number of hydrogen-bond donors (Lipinski definition) is 0. The first-order chi connectivity index (χ1) is 12.5. The highest BCUT2D eigenvalue weighted by atomic mass is 32.2. The Morgan fingerprint density at radius 1 is 1.30 bits per heavy atom. The lowest BCUT2D eigenvalue weighted by Gasteiger charge is -2.25. The first-order valence-corrected chi connectivity index (χ1v) is 9.56. The maximum absolute atomic E-state index is 14.6. The van der Waals surface area contributed by atoms with Crippen LogP contribution in [0.3, 0.4) is 0 Å². The van der Waals surface area contributed by atoms with E-state index in [1.165, 1.54) is 7.11 Å². The molecular formula is C18H23F2NO5S. The smallest absolute Gasteiger partial charge is 0.319 e. The van der Waals surface area contributed by atoms with E-state index in [4.69, 9.17) is 9.47 Å². The average molecular weight is 403 g/mol. The van der Waals surface area contributed by atoms with Crippen molar-refractivity contribution in [2.75, 3.05) is 20.3 Å². The highest BCUT2D eigenvalue weighted by Gasteiger charge is 2.51. The minimum absolute atomic E-state index is 0.00523. The molecule has 1 aliphatic heterocycles. The summed E-state index contributed by atoms with van der Waals surface area (Å²) in [5.41, 5.74) is -0.421. The summed E-state index contributed by atoms with van der Waals surface area (Å²) in [6.45, 7) is 6.30. The Bertz CT molecular complexity index is 755. The normalized spacial score (nSPS) is 21.3. The lowest BCUT2D eigenvalue weighted by Crippen LogP contribution is -2.40. The van der Waals surface area contributed by atoms with Gasteiger partial charge in [-0.2, -0.15) is 0 Å². The molecule has 27 heavy (non-hydrogen) atoms. The van der Waals surface area contributed by atoms with Crippen LogP contribution in [0, 0.1) is 17.6 Å². The number of esters is 1. The van der Waals surface area contributed by atoms with Gasteiger partial charge < -0.3 is 9.47 Å². The maximum atomic E-state index is 14.6. The average Bonchev–Trinajstić information content (AvgIpc) is 2.89. The van der Waals surface area contributed by atoms with E-state index in [1.54, 1.807) is 27.7 Å². The Labute approximate surface area is 159 Å². The van der Waals surface area contributed by atoms with Crippen LogP contribution in [0.5, 0.6) is 5.75 Å². The van der Waals surface area contributed by atoms with Crippen LogP contribution in [0.1, 0.15) is 39.2 Å². The Morgan fingerprint density at radius 2 is 1.85 bits per heavy atom. The molecule has 6 nitrogen and oxygen atoms in total. The molecular weight excluding hydrogens is 380 g/mol. The van der Waals surface area contributed by atoms with Gasteiger partial charge in [0.2, 0.25) is 5.91 Å². The number of halogens is 2. The van der Waals surface area contributed by atoms with E-state index < -0.39 is 56.6 Å². The SMILES string of the molecule is CCOC(=O)[C@@H]1C(=O)N(S(=O)C(C)(C)C)C[C@H]1c1c(F)cc(OC)cc1F. The molecule has 1 unspecified atom stereocenters. The van der Waals surface area contributed by atoms with Crippen LogP contribution >= 0.6 is 0 Å². The topological polar surface area (TPSA) is 72.9 Å². The third kappa shape index (κ3) is 4.12. The molecule has 2 rings (SSSR count). The van der Waals surface area contributed by atoms with E-state index in [0.29, 0.717) is 0 Å². The van der Waals surface area contributed by atoms with E-state index in [9.17, 15) is 22.6 Å². The molecule has 1 saturated heterocycles. The van der Waals surface area contributed by atoms with Crippen molar-refractivity contribution in [2.45, 2.75) is 38.4 Å². The number of carbonyl (C=O) groups excluding carboxylic acids is 2. The van der Waals surface area contributed by atoms with Gasteiger partial charge in [0.05, 0.1) is 18.5 Å². The first kappa shape index (κ1) is 21.3. The van der Waals surface area contributed by atoms with Gasteiger partial charge >= 0.3 is 5.97 Å². The molecule has 0 radical (unpaired) electrons. The van der Waals surface area contributed by atoms with Crippen LogP contribution < -0.4 is 4.74 Å². The van der Waals surface area contributed by atoms with Crippen molar-refractivity contribution in [1.29, 1.82) is 0 Å². The molecule has 0 N–H and O–H groups in total. The highest BCUT2D eigenvalue weighted by molar-refractivity contribution is 7.84. The van der Waals surface area contributed by atoms with Crippen LogP contribution in [0.4, 0.5) is 8.78 Å². The second-order valence-corrected chi connectivity index (χ2v) is 9.27. The zero-order valence-corrected chi connectivity index (χ0v) is 16.7. The third-order valence-corrected chi connectivity index (χ3v) is 5.98. The van der Waals surface area contributed by atoms with Crippen molar-refractivity contribution >= 4 is 22.9 Å². The minimum atomic E-state index is -1.79. The van der Waals surface area contributed by atoms with Crippen LogP contribution in [0.15, 0.2) is 12.1 Å². The van der Waals surface area contributed by atoms with E-state index in [-0.39, 0.29) is 18.9 Å². The molecule has 0 spiro atoms. The maximum Gasteiger partial charge on any atom is 0.319 e. The molecule has 1 aromatic carbocycles. The summed E-state index contributed by atoms with van der Waals surface area (Å²) in [7, 11) is -0.525. The van der Waals surface area contributed by atoms with Gasteiger partial charge in [0.25, 0.3) is 0 Å². The summed E-state index contributed by atoms with van der Waals surface area (Å²) in [5, 5.41) is 0. The van der Waals surface area contributed by atoms with Gasteiger partial charge in [0.15, 0.2) is 0 Å². The monoisotopic (exact) mass is 403 g/mol. The van der Waals surface area contributed by atoms with Gasteiger partial charge in [-0.25, -0.2) is 13.0 Å². The van der Waals surface area contributed by atoms with Crippen molar-refractivity contribution < 1.29 is 32.1 Å². The largest absolute Gasteiger partial charge is 0.497 e. The summed E-state index contributed by atoms with van der Waals surface area (Å²) in [6, 6.07) is 1.96. The minimum Gasteiger partial charge on any atom is -0.497 e. The molecule has 1 aromatic rings. The summed E-state index contributed by atoms with van der Waals surface area (Å²) < 4.78 is 51.8. The fourth-order valence-corrected chi connectivity index (χ4v) is 4.20. The van der Waals surface area contributed by atoms with E-state index in [1.807, 2.05) is 0 Å². The summed E-state index contributed by atoms with van der Waals surface area (Å²) in [5.74, 6) is -6.19. The Balaban J connectivity index is 2.54. The van der Waals surface area contributed by atoms with Gasteiger partial charge in [-0.3, -0.25) is 13.9 Å². The number of methoxy groups -OCH3 is 1. The predicted octanol–water partition coefficient (Wildman–Crippen LogP) is 2.54. The Morgan fingerprint density at radius 3 is 2.30 bits per heavy atom. The van der Waals surface area contributed by atoms with Crippen molar-refractivity contribution in [1.82, 2.24) is 4.31 Å². The van der Waals surface area contributed by atoms with Crippen LogP contribution in [0.25, 0.3) is 0 Å². The van der Waals surface area contributed by atoms with Gasteiger partial charge in [0, 0.05) is 30.2 Å². The lowest BCUT2D eigenvalue weighted by atomic mass is 9.87. The number of benzene rings is 1. The molecule has 150 valence electrons. The van der Waals surface area contributed by atoms with Gasteiger partial charge in [0.1, 0.15) is 34.3 Å². The number of rotatable bonds is 5. The number of carbonyl (C=O) groups is 2. The fraction of sp³-hybridized carbons (Fsp3) is 0.556. The highest BCUT2D eigenvalue weighted by Crippen LogP contribution is 2.40. The molecule has 0 aromatic heterocycles. The van der Waals surface area contributed by atoms with Crippen molar-refractivity contribution in [3.05, 3.63) is 29.3 Å². The zero-order valence-electron chi connectivity index (χ0n) is 15.9. The van der Waals surface area contributed by atoms with Crippen LogP contribution in [-0.2, 0) is 25.3 Å². The molecule has 3 atom stereocenters. The fourth-order valence-electron chi connectivity index (χ4n) is 2.97. The van der Waals surface area contributed by atoms with Crippen LogP contribution in [0.2, 0.25) is 0 Å². The number of nitrogens with zero attached hydrogens (tertiary/aromatic N) is 1. The van der Waals surface area contributed by atoms with Gasteiger partial charge in [-0.1, -0.05) is 0 Å². The predicted molar refractivity (Wildman–Crippen MR) is 95.4 cm³/mol. The summed E-state index contributed by atoms with van der Waals surface area (Å²) in [4.78, 5) is 25.2. The zero-order chi connectivity index (χ0) is 20.5. The number of hydrogen-bond acceptors (Lipinski definition) is 5. The lowest BCUT2D eigenvalue weighted by molar-refractivity contribution is -0.152. The van der Waals surface area contributed by atoms with E-state index >= 15 is 0 Å². The molecule has 1 heterocycles. The molecule has 1 amide bonds. The van der Waals surface area contributed by atoms with Crippen molar-refractivity contribution in [2.24, 2.45) is 5.92 Å². The summed E-state index contributed by atoms with van der Waals surface area (Å²) >= 11 is 0.